The lowest BCUT2D eigenvalue weighted by molar-refractivity contribution is 0.411. The molecule has 0 radical (unpaired) electrons. The Morgan fingerprint density at radius 3 is 2.31 bits per heavy atom. The van der Waals surface area contributed by atoms with Crippen LogP contribution in [0.1, 0.15) is 31.9 Å². The summed E-state index contributed by atoms with van der Waals surface area (Å²) in [7, 11) is 0. The number of aromatic nitrogens is 3. The Labute approximate surface area is 227 Å². The zero-order chi connectivity index (χ0) is 26.5. The fraction of sp³-hybridized carbons (Fsp3) is 0.167. The van der Waals surface area contributed by atoms with Crippen LogP contribution in [0.5, 0.6) is 0 Å². The van der Waals surface area contributed by atoms with Gasteiger partial charge in [-0.1, -0.05) is 81.4 Å². The first-order valence-electron chi connectivity index (χ1n) is 13.7. The highest BCUT2D eigenvalue weighted by Gasteiger charge is 2.22. The number of aryl methyl sites for hydroxylation is 1. The minimum Gasteiger partial charge on any atom is -0.307 e. The Morgan fingerprint density at radius 1 is 0.692 bits per heavy atom. The van der Waals surface area contributed by atoms with Crippen LogP contribution in [0.2, 0.25) is 0 Å². The Morgan fingerprint density at radius 2 is 1.49 bits per heavy atom. The molecule has 3 aromatic heterocycles. The van der Waals surface area contributed by atoms with Crippen LogP contribution in [-0.4, -0.2) is 14.4 Å². The largest absolute Gasteiger partial charge is 0.307 e. The smallest absolute Gasteiger partial charge is 0.116 e. The molecule has 39 heavy (non-hydrogen) atoms. The summed E-state index contributed by atoms with van der Waals surface area (Å²) >= 11 is 0. The van der Waals surface area contributed by atoms with Gasteiger partial charge in [0.1, 0.15) is 6.33 Å². The third kappa shape index (κ3) is 3.23. The molecule has 0 N–H and O–H groups in total. The van der Waals surface area contributed by atoms with E-state index in [0.29, 0.717) is 0 Å². The second-order valence-corrected chi connectivity index (χ2v) is 12.2. The summed E-state index contributed by atoms with van der Waals surface area (Å²) in [6.07, 6.45) is 2.76. The molecule has 0 saturated heterocycles. The van der Waals surface area contributed by atoms with E-state index in [1.165, 1.54) is 65.7 Å². The second kappa shape index (κ2) is 7.77. The SMILES string of the molecule is Cc1c2ccc(CC(C)(C)C)cc2cc2c3ncnc4ccc5c6ccc(-c7ccccc7)cc6n(c12)c5c43. The average Bonchev–Trinajstić information content (AvgIpc) is 3.26. The van der Waals surface area contributed by atoms with Crippen molar-refractivity contribution in [2.24, 2.45) is 5.41 Å². The minimum absolute atomic E-state index is 0.237. The topological polar surface area (TPSA) is 30.2 Å². The predicted octanol–water partition coefficient (Wildman–Crippen LogP) is 9.50. The Bertz CT molecular complexity index is 2230. The molecular weight excluding hydrogens is 474 g/mol. The molecule has 0 aliphatic carbocycles. The summed E-state index contributed by atoms with van der Waals surface area (Å²) in [5, 5.41) is 7.41. The van der Waals surface area contributed by atoms with Gasteiger partial charge in [0.25, 0.3) is 0 Å². The van der Waals surface area contributed by atoms with Crippen molar-refractivity contribution in [1.82, 2.24) is 14.4 Å². The van der Waals surface area contributed by atoms with Gasteiger partial charge in [0.15, 0.2) is 0 Å². The molecule has 0 amide bonds. The van der Waals surface area contributed by atoms with Crippen LogP contribution in [-0.2, 0) is 6.42 Å². The van der Waals surface area contributed by atoms with Crippen LogP contribution in [0.25, 0.3) is 71.0 Å². The molecule has 5 aromatic carbocycles. The maximum Gasteiger partial charge on any atom is 0.116 e. The Balaban J connectivity index is 1.58. The quantitative estimate of drug-likeness (QED) is 0.174. The van der Waals surface area contributed by atoms with Gasteiger partial charge in [0.2, 0.25) is 0 Å². The number of rotatable bonds is 2. The molecule has 8 rings (SSSR count). The van der Waals surface area contributed by atoms with Crippen LogP contribution in [0.3, 0.4) is 0 Å². The van der Waals surface area contributed by atoms with Gasteiger partial charge in [0.05, 0.1) is 33.0 Å². The molecule has 3 heteroatoms. The molecule has 8 aromatic rings. The third-order valence-electron chi connectivity index (χ3n) is 8.28. The standard InChI is InChI=1S/C36H29N3/c1-21-26-12-10-22(19-36(2,3)4)16-25(26)17-29-33-32-30(37-20-38-33)15-14-28-27-13-11-24(23-8-6-5-7-9-23)18-31(27)39(34(21)29)35(28)32/h5-18,20H,19H2,1-4H3. The zero-order valence-electron chi connectivity index (χ0n) is 22.7. The number of hydrogen-bond acceptors (Lipinski definition) is 2. The maximum absolute atomic E-state index is 4.90. The van der Waals surface area contributed by atoms with Gasteiger partial charge in [0, 0.05) is 16.2 Å². The summed E-state index contributed by atoms with van der Waals surface area (Å²) < 4.78 is 2.49. The summed E-state index contributed by atoms with van der Waals surface area (Å²) in [6.45, 7) is 9.18. The van der Waals surface area contributed by atoms with Gasteiger partial charge in [-0.2, -0.15) is 0 Å². The van der Waals surface area contributed by atoms with E-state index in [1.807, 2.05) is 0 Å². The monoisotopic (exact) mass is 503 g/mol. The van der Waals surface area contributed by atoms with Crippen molar-refractivity contribution in [3.63, 3.8) is 0 Å². The van der Waals surface area contributed by atoms with Crippen molar-refractivity contribution in [3.05, 3.63) is 102 Å². The summed E-state index contributed by atoms with van der Waals surface area (Å²) in [5.41, 5.74) is 11.0. The minimum atomic E-state index is 0.237. The van der Waals surface area contributed by atoms with Gasteiger partial charge in [-0.25, -0.2) is 9.97 Å². The zero-order valence-corrected chi connectivity index (χ0v) is 22.7. The lowest BCUT2D eigenvalue weighted by Gasteiger charge is -2.19. The van der Waals surface area contributed by atoms with E-state index in [0.717, 1.165) is 22.8 Å². The van der Waals surface area contributed by atoms with E-state index in [4.69, 9.17) is 9.97 Å². The van der Waals surface area contributed by atoms with Gasteiger partial charge < -0.3 is 4.40 Å². The molecule has 0 aliphatic rings. The summed E-state index contributed by atoms with van der Waals surface area (Å²) in [5.74, 6) is 0. The van der Waals surface area contributed by atoms with Crippen LogP contribution < -0.4 is 0 Å². The summed E-state index contributed by atoms with van der Waals surface area (Å²) in [4.78, 5) is 9.59. The number of fused-ring (bicyclic) bond motifs is 7. The van der Waals surface area contributed by atoms with Crippen molar-refractivity contribution in [2.45, 2.75) is 34.1 Å². The van der Waals surface area contributed by atoms with E-state index in [9.17, 15) is 0 Å². The third-order valence-corrected chi connectivity index (χ3v) is 8.28. The molecule has 3 heterocycles. The van der Waals surface area contributed by atoms with E-state index < -0.39 is 0 Å². The van der Waals surface area contributed by atoms with Crippen LogP contribution in [0.15, 0.2) is 91.3 Å². The molecule has 0 saturated carbocycles. The van der Waals surface area contributed by atoms with Crippen molar-refractivity contribution in [2.75, 3.05) is 0 Å². The van der Waals surface area contributed by atoms with Crippen molar-refractivity contribution < 1.29 is 0 Å². The van der Waals surface area contributed by atoms with E-state index in [1.54, 1.807) is 6.33 Å². The van der Waals surface area contributed by atoms with Crippen molar-refractivity contribution in [1.29, 1.82) is 0 Å². The molecule has 0 atom stereocenters. The highest BCUT2D eigenvalue weighted by atomic mass is 14.9. The van der Waals surface area contributed by atoms with Gasteiger partial charge >= 0.3 is 0 Å². The predicted molar refractivity (Wildman–Crippen MR) is 165 cm³/mol. The molecule has 0 unspecified atom stereocenters. The molecule has 188 valence electrons. The molecule has 0 aliphatic heterocycles. The number of pyridine rings is 1. The molecule has 0 bridgehead atoms. The molecule has 3 nitrogen and oxygen atoms in total. The highest BCUT2D eigenvalue weighted by Crippen LogP contribution is 2.43. The highest BCUT2D eigenvalue weighted by molar-refractivity contribution is 6.28. The van der Waals surface area contributed by atoms with Gasteiger partial charge in [-0.3, -0.25) is 0 Å². The second-order valence-electron chi connectivity index (χ2n) is 12.2. The van der Waals surface area contributed by atoms with Crippen molar-refractivity contribution >= 4 is 59.9 Å². The fourth-order valence-corrected chi connectivity index (χ4v) is 6.71. The first kappa shape index (κ1) is 22.5. The molecule has 0 spiro atoms. The van der Waals surface area contributed by atoms with Gasteiger partial charge in [-0.05, 0) is 76.1 Å². The van der Waals surface area contributed by atoms with Crippen LogP contribution in [0.4, 0.5) is 0 Å². The van der Waals surface area contributed by atoms with Gasteiger partial charge in [-0.15, -0.1) is 0 Å². The maximum atomic E-state index is 4.90. The lowest BCUT2D eigenvalue weighted by Crippen LogP contribution is -2.09. The lowest BCUT2D eigenvalue weighted by atomic mass is 9.87. The van der Waals surface area contributed by atoms with E-state index >= 15 is 0 Å². The van der Waals surface area contributed by atoms with E-state index in [2.05, 4.69) is 117 Å². The summed E-state index contributed by atoms with van der Waals surface area (Å²) in [6, 6.07) is 31.3. The first-order valence-corrected chi connectivity index (χ1v) is 13.7. The Hall–Kier alpha value is -4.50. The number of hydrogen-bond donors (Lipinski definition) is 0. The normalized spacial score (nSPS) is 12.7. The van der Waals surface area contributed by atoms with E-state index in [-0.39, 0.29) is 5.41 Å². The number of nitrogens with zero attached hydrogens (tertiary/aromatic N) is 3. The fourth-order valence-electron chi connectivity index (χ4n) is 6.71. The molecular formula is C36H29N3. The average molecular weight is 504 g/mol. The molecule has 0 fully saturated rings. The van der Waals surface area contributed by atoms with Crippen LogP contribution >= 0.6 is 0 Å². The van der Waals surface area contributed by atoms with Crippen LogP contribution in [0, 0.1) is 12.3 Å². The Kier molecular flexibility index (Phi) is 4.48. The number of benzene rings is 5. The first-order chi connectivity index (χ1) is 18.9. The van der Waals surface area contributed by atoms with Crippen molar-refractivity contribution in [3.8, 4) is 11.1 Å².